The van der Waals surface area contributed by atoms with Crippen molar-refractivity contribution in [3.05, 3.63) is 65.5 Å². The van der Waals surface area contributed by atoms with Crippen molar-refractivity contribution in [1.29, 1.82) is 0 Å². The highest BCUT2D eigenvalue weighted by Crippen LogP contribution is 2.38. The van der Waals surface area contributed by atoms with Crippen LogP contribution in [0, 0.1) is 0 Å². The maximum absolute atomic E-state index is 13.1. The second kappa shape index (κ2) is 11.3. The summed E-state index contributed by atoms with van der Waals surface area (Å²) in [6.45, 7) is 6.96. The molecule has 2 aliphatic heterocycles. The fraction of sp³-hybridized carbons (Fsp3) is 0.423. The lowest BCUT2D eigenvalue weighted by atomic mass is 9.98. The van der Waals surface area contributed by atoms with Crippen LogP contribution < -0.4 is 4.74 Å². The van der Waals surface area contributed by atoms with E-state index in [1.165, 1.54) is 4.90 Å². The number of pyridine rings is 1. The third-order valence-electron chi connectivity index (χ3n) is 6.09. The Morgan fingerprint density at radius 1 is 1.12 bits per heavy atom. The molecule has 1 aromatic heterocycles. The van der Waals surface area contributed by atoms with Gasteiger partial charge in [-0.25, -0.2) is 0 Å². The number of benzene rings is 1. The van der Waals surface area contributed by atoms with Crippen LogP contribution in [0.15, 0.2) is 54.2 Å². The lowest BCUT2D eigenvalue weighted by Gasteiger charge is -2.28. The number of rotatable bonds is 9. The van der Waals surface area contributed by atoms with Crippen LogP contribution in [-0.2, 0) is 14.3 Å². The van der Waals surface area contributed by atoms with Gasteiger partial charge in [-0.3, -0.25) is 19.5 Å². The van der Waals surface area contributed by atoms with Crippen molar-refractivity contribution in [1.82, 2.24) is 14.8 Å². The lowest BCUT2D eigenvalue weighted by molar-refractivity contribution is -0.140. The van der Waals surface area contributed by atoms with E-state index in [2.05, 4.69) is 9.88 Å². The topological polar surface area (TPSA) is 92.2 Å². The zero-order chi connectivity index (χ0) is 23.9. The molecule has 0 radical (unpaired) electrons. The molecule has 3 heterocycles. The van der Waals surface area contributed by atoms with Crippen molar-refractivity contribution in [2.45, 2.75) is 25.8 Å². The van der Waals surface area contributed by atoms with Gasteiger partial charge in [0, 0.05) is 37.9 Å². The Labute approximate surface area is 199 Å². The number of amides is 1. The number of hydrogen-bond donors (Lipinski definition) is 1. The molecule has 1 atom stereocenters. The van der Waals surface area contributed by atoms with Gasteiger partial charge in [0.25, 0.3) is 11.7 Å². The first-order valence-electron chi connectivity index (χ1n) is 11.8. The number of ketones is 1. The monoisotopic (exact) mass is 465 g/mol. The quantitative estimate of drug-likeness (QED) is 0.346. The molecule has 2 fully saturated rings. The molecule has 8 heteroatoms. The molecule has 1 aromatic carbocycles. The van der Waals surface area contributed by atoms with Gasteiger partial charge in [0.15, 0.2) is 0 Å². The van der Waals surface area contributed by atoms with Gasteiger partial charge in [0.05, 0.1) is 31.1 Å². The summed E-state index contributed by atoms with van der Waals surface area (Å²) in [4.78, 5) is 34.4. The minimum absolute atomic E-state index is 0.0669. The van der Waals surface area contributed by atoms with E-state index in [1.807, 2.05) is 13.0 Å². The normalized spacial score (nSPS) is 20.6. The molecule has 1 unspecified atom stereocenters. The number of nitrogens with zero attached hydrogens (tertiary/aromatic N) is 3. The first-order valence-corrected chi connectivity index (χ1v) is 11.8. The molecule has 1 amide bonds. The minimum Gasteiger partial charge on any atom is -0.507 e. The second-order valence-corrected chi connectivity index (χ2v) is 8.43. The van der Waals surface area contributed by atoms with Gasteiger partial charge in [0.1, 0.15) is 17.6 Å². The van der Waals surface area contributed by atoms with E-state index in [1.54, 1.807) is 42.6 Å². The predicted molar refractivity (Wildman–Crippen MR) is 127 cm³/mol. The summed E-state index contributed by atoms with van der Waals surface area (Å²) in [5.74, 6) is -0.817. The minimum atomic E-state index is -0.734. The highest BCUT2D eigenvalue weighted by Gasteiger charge is 2.46. The zero-order valence-corrected chi connectivity index (χ0v) is 19.5. The summed E-state index contributed by atoms with van der Waals surface area (Å²) in [5, 5.41) is 11.1. The van der Waals surface area contributed by atoms with Gasteiger partial charge in [0.2, 0.25) is 0 Å². The third kappa shape index (κ3) is 5.29. The van der Waals surface area contributed by atoms with Crippen molar-refractivity contribution in [3.63, 3.8) is 0 Å². The maximum atomic E-state index is 13.1. The fourth-order valence-corrected chi connectivity index (χ4v) is 4.33. The Balaban J connectivity index is 1.61. The average Bonchev–Trinajstić information content (AvgIpc) is 3.13. The molecular weight excluding hydrogens is 434 g/mol. The van der Waals surface area contributed by atoms with Gasteiger partial charge < -0.3 is 19.5 Å². The standard InChI is InChI=1S/C26H31N3O5/c1-2-16-34-20-9-7-19(8-10-20)24(30)22-23(21-6-3-4-11-27-21)29(26(32)25(22)31)13-5-12-28-14-17-33-18-15-28/h3-4,6-11,23,30H,2,5,12-18H2,1H3/b24-22+. The molecule has 180 valence electrons. The van der Waals surface area contributed by atoms with Crippen LogP contribution in [0.3, 0.4) is 0 Å². The van der Waals surface area contributed by atoms with Crippen LogP contribution in [0.5, 0.6) is 5.75 Å². The van der Waals surface area contributed by atoms with Gasteiger partial charge in [-0.15, -0.1) is 0 Å². The molecule has 4 rings (SSSR count). The van der Waals surface area contributed by atoms with E-state index in [-0.39, 0.29) is 11.3 Å². The second-order valence-electron chi connectivity index (χ2n) is 8.43. The SMILES string of the molecule is CCCOc1ccc(/C(O)=C2\C(=O)C(=O)N(CCCN3CCOCC3)C2c2ccccn2)cc1. The first kappa shape index (κ1) is 23.9. The molecule has 2 aliphatic rings. The lowest BCUT2D eigenvalue weighted by Crippen LogP contribution is -2.39. The molecule has 34 heavy (non-hydrogen) atoms. The molecule has 0 saturated carbocycles. The molecule has 0 spiro atoms. The highest BCUT2D eigenvalue weighted by atomic mass is 16.5. The number of aliphatic hydroxyl groups excluding tert-OH is 1. The van der Waals surface area contributed by atoms with Gasteiger partial charge in [-0.05, 0) is 49.2 Å². The molecule has 1 N–H and O–H groups in total. The number of carbonyl (C=O) groups excluding carboxylic acids is 2. The van der Waals surface area contributed by atoms with Crippen LogP contribution in [0.25, 0.3) is 5.76 Å². The number of morpholine rings is 1. The summed E-state index contributed by atoms with van der Waals surface area (Å²) in [7, 11) is 0. The molecule has 0 bridgehead atoms. The number of likely N-dealkylation sites (tertiary alicyclic amines) is 1. The Morgan fingerprint density at radius 2 is 1.88 bits per heavy atom. The van der Waals surface area contributed by atoms with E-state index in [9.17, 15) is 14.7 Å². The van der Waals surface area contributed by atoms with Crippen molar-refractivity contribution < 1.29 is 24.2 Å². The molecule has 8 nitrogen and oxygen atoms in total. The smallest absolute Gasteiger partial charge is 0.295 e. The van der Waals surface area contributed by atoms with Crippen molar-refractivity contribution >= 4 is 17.4 Å². The Hall–Kier alpha value is -3.23. The van der Waals surface area contributed by atoms with Crippen LogP contribution in [0.1, 0.15) is 37.1 Å². The summed E-state index contributed by atoms with van der Waals surface area (Å²) < 4.78 is 11.0. The average molecular weight is 466 g/mol. The zero-order valence-electron chi connectivity index (χ0n) is 19.5. The van der Waals surface area contributed by atoms with Crippen LogP contribution >= 0.6 is 0 Å². The van der Waals surface area contributed by atoms with Crippen LogP contribution in [0.2, 0.25) is 0 Å². The van der Waals surface area contributed by atoms with Gasteiger partial charge >= 0.3 is 0 Å². The number of aliphatic hydroxyl groups is 1. The highest BCUT2D eigenvalue weighted by molar-refractivity contribution is 6.46. The maximum Gasteiger partial charge on any atom is 0.295 e. The first-order chi connectivity index (χ1) is 16.6. The fourth-order valence-electron chi connectivity index (χ4n) is 4.33. The van der Waals surface area contributed by atoms with E-state index in [4.69, 9.17) is 9.47 Å². The summed E-state index contributed by atoms with van der Waals surface area (Å²) >= 11 is 0. The van der Waals surface area contributed by atoms with Crippen LogP contribution in [0.4, 0.5) is 0 Å². The Morgan fingerprint density at radius 3 is 2.56 bits per heavy atom. The summed E-state index contributed by atoms with van der Waals surface area (Å²) in [6, 6.07) is 11.5. The van der Waals surface area contributed by atoms with Gasteiger partial charge in [-0.2, -0.15) is 0 Å². The van der Waals surface area contributed by atoms with Crippen molar-refractivity contribution in [2.75, 3.05) is 46.0 Å². The number of hydrogen-bond acceptors (Lipinski definition) is 7. The number of aromatic nitrogens is 1. The largest absolute Gasteiger partial charge is 0.507 e. The van der Waals surface area contributed by atoms with Crippen molar-refractivity contribution in [2.24, 2.45) is 0 Å². The number of Topliss-reactive ketones (excluding diaryl/α,β-unsaturated/α-hetero) is 1. The number of carbonyl (C=O) groups is 2. The van der Waals surface area contributed by atoms with Gasteiger partial charge in [-0.1, -0.05) is 13.0 Å². The predicted octanol–water partition coefficient (Wildman–Crippen LogP) is 3.01. The van der Waals surface area contributed by atoms with E-state index >= 15 is 0 Å². The summed E-state index contributed by atoms with van der Waals surface area (Å²) in [5.41, 5.74) is 1.07. The number of ether oxygens (including phenoxy) is 2. The molecule has 2 saturated heterocycles. The van der Waals surface area contributed by atoms with Crippen molar-refractivity contribution in [3.8, 4) is 5.75 Å². The molecule has 2 aromatic rings. The van der Waals surface area contributed by atoms with E-state index in [0.29, 0.717) is 49.8 Å². The Kier molecular flexibility index (Phi) is 7.92. The van der Waals surface area contributed by atoms with E-state index < -0.39 is 17.7 Å². The van der Waals surface area contributed by atoms with Crippen LogP contribution in [-0.4, -0.2) is 77.6 Å². The third-order valence-corrected chi connectivity index (χ3v) is 6.09. The van der Waals surface area contributed by atoms with E-state index in [0.717, 1.165) is 26.1 Å². The molecule has 0 aliphatic carbocycles. The Bertz CT molecular complexity index is 1020. The summed E-state index contributed by atoms with van der Waals surface area (Å²) in [6.07, 6.45) is 3.23. The molecular formula is C26H31N3O5.